The van der Waals surface area contributed by atoms with Gasteiger partial charge in [-0.25, -0.2) is 4.39 Å². The maximum absolute atomic E-state index is 13.7. The van der Waals surface area contributed by atoms with Crippen molar-refractivity contribution < 1.29 is 18.7 Å². The van der Waals surface area contributed by atoms with Gasteiger partial charge < -0.3 is 9.64 Å². The number of halogens is 1. The van der Waals surface area contributed by atoms with E-state index in [1.165, 1.54) is 17.0 Å². The number of ether oxygens (including phenoxy) is 1. The number of amides is 1. The molecule has 5 heteroatoms. The van der Waals surface area contributed by atoms with E-state index >= 15 is 0 Å². The molecule has 0 bridgehead atoms. The molecule has 0 N–H and O–H groups in total. The number of nitrogens with zero attached hydrogens (tertiary/aromatic N) is 1. The summed E-state index contributed by atoms with van der Waals surface area (Å²) in [5.74, 6) is -1.55. The van der Waals surface area contributed by atoms with E-state index in [2.05, 4.69) is 0 Å². The summed E-state index contributed by atoms with van der Waals surface area (Å²) in [5, 5.41) is 0. The van der Waals surface area contributed by atoms with Gasteiger partial charge in [0.1, 0.15) is 12.4 Å². The number of hydrogen-bond acceptors (Lipinski definition) is 3. The molecule has 0 heterocycles. The Morgan fingerprint density at radius 2 is 2.00 bits per heavy atom. The smallest absolute Gasteiger partial charge is 0.325 e. The lowest BCUT2D eigenvalue weighted by Gasteiger charge is -2.21. The molecule has 1 aromatic rings. The molecule has 1 rings (SSSR count). The third kappa shape index (κ3) is 4.33. The van der Waals surface area contributed by atoms with Crippen LogP contribution in [0, 0.1) is 12.7 Å². The van der Waals surface area contributed by atoms with E-state index in [0.717, 1.165) is 5.56 Å². The molecular weight excluding hydrogens is 261 g/mol. The van der Waals surface area contributed by atoms with Gasteiger partial charge in [0.2, 0.25) is 0 Å². The fourth-order valence-electron chi connectivity index (χ4n) is 1.86. The summed E-state index contributed by atoms with van der Waals surface area (Å²) in [6, 6.07) is 4.35. The Morgan fingerprint density at radius 3 is 2.60 bits per heavy atom. The number of esters is 1. The minimum Gasteiger partial charge on any atom is -0.465 e. The summed E-state index contributed by atoms with van der Waals surface area (Å²) in [6.07, 6.45) is 0.679. The maximum Gasteiger partial charge on any atom is 0.325 e. The number of carbonyl (C=O) groups excluding carboxylic acids is 2. The minimum atomic E-state index is -0.578. The SMILES string of the molecule is CCCN(CC(=O)OCC)C(=O)c1cc(C)ccc1F. The second kappa shape index (κ2) is 7.62. The van der Waals surface area contributed by atoms with Crippen molar-refractivity contribution >= 4 is 11.9 Å². The van der Waals surface area contributed by atoms with Crippen molar-refractivity contribution in [2.24, 2.45) is 0 Å². The molecule has 0 fully saturated rings. The van der Waals surface area contributed by atoms with Crippen LogP contribution in [0.4, 0.5) is 4.39 Å². The van der Waals surface area contributed by atoms with Crippen molar-refractivity contribution in [2.75, 3.05) is 19.7 Å². The minimum absolute atomic E-state index is 0.0113. The third-order valence-electron chi connectivity index (χ3n) is 2.76. The first-order chi connectivity index (χ1) is 9.49. The molecule has 0 radical (unpaired) electrons. The average Bonchev–Trinajstić information content (AvgIpc) is 2.40. The predicted molar refractivity (Wildman–Crippen MR) is 74.0 cm³/mol. The van der Waals surface area contributed by atoms with E-state index in [4.69, 9.17) is 4.74 Å². The molecule has 20 heavy (non-hydrogen) atoms. The molecule has 0 aliphatic heterocycles. The lowest BCUT2D eigenvalue weighted by atomic mass is 10.1. The highest BCUT2D eigenvalue weighted by molar-refractivity contribution is 5.96. The predicted octanol–water partition coefficient (Wildman–Crippen LogP) is 2.55. The Balaban J connectivity index is 2.93. The Hall–Kier alpha value is -1.91. The first-order valence-electron chi connectivity index (χ1n) is 6.70. The zero-order valence-corrected chi connectivity index (χ0v) is 12.1. The van der Waals surface area contributed by atoms with Crippen LogP contribution in [0.2, 0.25) is 0 Å². The van der Waals surface area contributed by atoms with Crippen LogP contribution >= 0.6 is 0 Å². The molecule has 0 aliphatic carbocycles. The van der Waals surface area contributed by atoms with Gasteiger partial charge >= 0.3 is 5.97 Å². The van der Waals surface area contributed by atoms with E-state index in [0.29, 0.717) is 13.0 Å². The molecule has 4 nitrogen and oxygen atoms in total. The molecule has 110 valence electrons. The van der Waals surface area contributed by atoms with Crippen molar-refractivity contribution in [1.82, 2.24) is 4.90 Å². The molecule has 0 atom stereocenters. The highest BCUT2D eigenvalue weighted by atomic mass is 19.1. The summed E-state index contributed by atoms with van der Waals surface area (Å²) in [7, 11) is 0. The fourth-order valence-corrected chi connectivity index (χ4v) is 1.86. The average molecular weight is 281 g/mol. The molecule has 0 aliphatic rings. The van der Waals surface area contributed by atoms with E-state index in [-0.39, 0.29) is 18.7 Å². The number of carbonyl (C=O) groups is 2. The van der Waals surface area contributed by atoms with Crippen LogP contribution in [-0.4, -0.2) is 36.5 Å². The summed E-state index contributed by atoms with van der Waals surface area (Å²) in [6.45, 7) is 5.85. The summed E-state index contributed by atoms with van der Waals surface area (Å²) < 4.78 is 18.6. The summed E-state index contributed by atoms with van der Waals surface area (Å²) in [4.78, 5) is 25.1. The normalized spacial score (nSPS) is 10.2. The second-order valence-electron chi connectivity index (χ2n) is 4.52. The summed E-state index contributed by atoms with van der Waals surface area (Å²) in [5.41, 5.74) is 0.782. The Kier molecular flexibility index (Phi) is 6.15. The number of hydrogen-bond donors (Lipinski definition) is 0. The Bertz CT molecular complexity index is 488. The quantitative estimate of drug-likeness (QED) is 0.753. The van der Waals surface area contributed by atoms with Crippen molar-refractivity contribution in [3.05, 3.63) is 35.1 Å². The first-order valence-corrected chi connectivity index (χ1v) is 6.70. The van der Waals surface area contributed by atoms with Crippen molar-refractivity contribution in [2.45, 2.75) is 27.2 Å². The van der Waals surface area contributed by atoms with E-state index in [9.17, 15) is 14.0 Å². The van der Waals surface area contributed by atoms with E-state index < -0.39 is 17.7 Å². The number of rotatable bonds is 6. The van der Waals surface area contributed by atoms with Crippen LogP contribution in [0.1, 0.15) is 36.2 Å². The molecule has 1 aromatic carbocycles. The Morgan fingerprint density at radius 1 is 1.30 bits per heavy atom. The number of benzene rings is 1. The zero-order chi connectivity index (χ0) is 15.1. The first kappa shape index (κ1) is 16.1. The van der Waals surface area contributed by atoms with Crippen LogP contribution in [0.15, 0.2) is 18.2 Å². The zero-order valence-electron chi connectivity index (χ0n) is 12.1. The van der Waals surface area contributed by atoms with Crippen LogP contribution in [0.3, 0.4) is 0 Å². The summed E-state index contributed by atoms with van der Waals surface area (Å²) >= 11 is 0. The van der Waals surface area contributed by atoms with Crippen molar-refractivity contribution in [3.8, 4) is 0 Å². The molecular formula is C15H20FNO3. The van der Waals surface area contributed by atoms with Gasteiger partial charge in [0.25, 0.3) is 5.91 Å². The number of aryl methyl sites for hydroxylation is 1. The van der Waals surface area contributed by atoms with Crippen molar-refractivity contribution in [1.29, 1.82) is 0 Å². The third-order valence-corrected chi connectivity index (χ3v) is 2.76. The van der Waals surface area contributed by atoms with Gasteiger partial charge in [-0.1, -0.05) is 18.6 Å². The Labute approximate surface area is 118 Å². The second-order valence-corrected chi connectivity index (χ2v) is 4.52. The van der Waals surface area contributed by atoms with Crippen molar-refractivity contribution in [3.63, 3.8) is 0 Å². The highest BCUT2D eigenvalue weighted by Gasteiger charge is 2.21. The van der Waals surface area contributed by atoms with Gasteiger partial charge in [-0.3, -0.25) is 9.59 Å². The highest BCUT2D eigenvalue weighted by Crippen LogP contribution is 2.13. The molecule has 0 saturated heterocycles. The lowest BCUT2D eigenvalue weighted by Crippen LogP contribution is -2.37. The fraction of sp³-hybridized carbons (Fsp3) is 0.467. The van der Waals surface area contributed by atoms with Gasteiger partial charge in [0, 0.05) is 6.54 Å². The molecule has 0 spiro atoms. The largest absolute Gasteiger partial charge is 0.465 e. The van der Waals surface area contributed by atoms with E-state index in [1.807, 2.05) is 6.92 Å². The van der Waals surface area contributed by atoms with Gasteiger partial charge in [0.15, 0.2) is 0 Å². The van der Waals surface area contributed by atoms with Gasteiger partial charge in [-0.15, -0.1) is 0 Å². The topological polar surface area (TPSA) is 46.6 Å². The van der Waals surface area contributed by atoms with Crippen LogP contribution < -0.4 is 0 Å². The van der Waals surface area contributed by atoms with Gasteiger partial charge in [-0.05, 0) is 32.4 Å². The standard InChI is InChI=1S/C15H20FNO3/c1-4-8-17(10-14(18)20-5-2)15(19)12-9-11(3)6-7-13(12)16/h6-7,9H,4-5,8,10H2,1-3H3. The van der Waals surface area contributed by atoms with Gasteiger partial charge in [0.05, 0.1) is 12.2 Å². The lowest BCUT2D eigenvalue weighted by molar-refractivity contribution is -0.143. The maximum atomic E-state index is 13.7. The van der Waals surface area contributed by atoms with Crippen LogP contribution in [0.5, 0.6) is 0 Å². The van der Waals surface area contributed by atoms with Crippen LogP contribution in [0.25, 0.3) is 0 Å². The molecule has 0 saturated carbocycles. The molecule has 1 amide bonds. The molecule has 0 aromatic heterocycles. The molecule has 0 unspecified atom stereocenters. The van der Waals surface area contributed by atoms with E-state index in [1.54, 1.807) is 19.9 Å². The van der Waals surface area contributed by atoms with Gasteiger partial charge in [-0.2, -0.15) is 0 Å². The monoisotopic (exact) mass is 281 g/mol. The van der Waals surface area contributed by atoms with Crippen LogP contribution in [-0.2, 0) is 9.53 Å².